The summed E-state index contributed by atoms with van der Waals surface area (Å²) in [6.45, 7) is 5.66. The molecule has 2 rings (SSSR count). The van der Waals surface area contributed by atoms with Gasteiger partial charge in [-0.1, -0.05) is 28.1 Å². The summed E-state index contributed by atoms with van der Waals surface area (Å²) in [7, 11) is 1.57. The molecule has 7 nitrogen and oxygen atoms in total. The summed E-state index contributed by atoms with van der Waals surface area (Å²) in [4.78, 5) is 38.7. The maximum atomic E-state index is 12.6. The number of nitrogens with zero attached hydrogens (tertiary/aromatic N) is 1. The summed E-state index contributed by atoms with van der Waals surface area (Å²) in [6, 6.07) is 5.99. The van der Waals surface area contributed by atoms with Crippen LogP contribution in [0, 0.1) is 5.92 Å². The zero-order chi connectivity index (χ0) is 20.9. The van der Waals surface area contributed by atoms with Crippen molar-refractivity contribution in [2.24, 2.45) is 5.92 Å². The Bertz CT molecular complexity index is 712. The second-order valence-electron chi connectivity index (χ2n) is 7.74. The lowest BCUT2D eigenvalue weighted by molar-refractivity contribution is -0.147. The second kappa shape index (κ2) is 9.52. The Kier molecular flexibility index (Phi) is 7.60. The molecule has 0 spiro atoms. The van der Waals surface area contributed by atoms with Crippen LogP contribution in [-0.2, 0) is 19.0 Å². The summed E-state index contributed by atoms with van der Waals surface area (Å²) in [5.41, 5.74) is -0.230. The fraction of sp³-hybridized carbons (Fsp3) is 0.550. The summed E-state index contributed by atoms with van der Waals surface area (Å²) in [5, 5.41) is 0. The molecule has 1 aromatic rings. The van der Waals surface area contributed by atoms with Crippen molar-refractivity contribution < 1.29 is 28.6 Å². The van der Waals surface area contributed by atoms with Crippen molar-refractivity contribution in [3.8, 4) is 0 Å². The van der Waals surface area contributed by atoms with Gasteiger partial charge in [0.05, 0.1) is 6.61 Å². The van der Waals surface area contributed by atoms with Crippen LogP contribution in [0.25, 0.3) is 0 Å². The van der Waals surface area contributed by atoms with Crippen molar-refractivity contribution in [3.63, 3.8) is 0 Å². The van der Waals surface area contributed by atoms with Gasteiger partial charge in [0, 0.05) is 29.6 Å². The van der Waals surface area contributed by atoms with Crippen LogP contribution >= 0.6 is 15.9 Å². The molecule has 154 valence electrons. The summed E-state index contributed by atoms with van der Waals surface area (Å²) in [5.74, 6) is -0.928. The van der Waals surface area contributed by atoms with Crippen LogP contribution in [0.15, 0.2) is 28.7 Å². The number of likely N-dealkylation sites (tertiary alicyclic amines) is 1. The van der Waals surface area contributed by atoms with Crippen LogP contribution in [0.2, 0.25) is 0 Å². The minimum Gasteiger partial charge on any atom is -0.456 e. The molecule has 1 aromatic carbocycles. The van der Waals surface area contributed by atoms with Gasteiger partial charge >= 0.3 is 12.1 Å². The fourth-order valence-electron chi connectivity index (χ4n) is 2.98. The molecule has 8 heteroatoms. The summed E-state index contributed by atoms with van der Waals surface area (Å²) < 4.78 is 16.6. The van der Waals surface area contributed by atoms with E-state index in [4.69, 9.17) is 14.2 Å². The number of carbonyl (C=O) groups is 3. The molecule has 0 N–H and O–H groups in total. The molecule has 0 aliphatic carbocycles. The number of Topliss-reactive ketones (excluding diaryl/α,β-unsaturated/α-hetero) is 1. The van der Waals surface area contributed by atoms with Crippen LogP contribution in [0.1, 0.15) is 37.6 Å². The van der Waals surface area contributed by atoms with Gasteiger partial charge in [-0.2, -0.15) is 0 Å². The van der Waals surface area contributed by atoms with E-state index in [0.29, 0.717) is 25.1 Å². The molecule has 0 bridgehead atoms. The monoisotopic (exact) mass is 455 g/mol. The van der Waals surface area contributed by atoms with Crippen LogP contribution in [0.3, 0.4) is 0 Å². The summed E-state index contributed by atoms with van der Waals surface area (Å²) >= 11 is 3.30. The van der Waals surface area contributed by atoms with E-state index in [9.17, 15) is 14.4 Å². The molecular weight excluding hydrogens is 430 g/mol. The van der Waals surface area contributed by atoms with Crippen molar-refractivity contribution in [3.05, 3.63) is 34.3 Å². The molecular formula is C20H26BrNO6. The van der Waals surface area contributed by atoms with Gasteiger partial charge in [-0.3, -0.25) is 9.69 Å². The van der Waals surface area contributed by atoms with Gasteiger partial charge in [-0.25, -0.2) is 9.59 Å². The Balaban J connectivity index is 2.01. The minimum atomic E-state index is -0.798. The molecule has 1 aliphatic heterocycles. The number of benzene rings is 1. The SMILES string of the molecule is COCC1CC(C(=O)OCC(=O)c2ccc(Br)cc2)N(C(=O)OC(C)(C)C)C1. The van der Waals surface area contributed by atoms with Crippen LogP contribution in [0.5, 0.6) is 0 Å². The lowest BCUT2D eigenvalue weighted by atomic mass is 10.1. The first-order valence-electron chi connectivity index (χ1n) is 9.04. The average molecular weight is 456 g/mol. The Morgan fingerprint density at radius 2 is 1.82 bits per heavy atom. The highest BCUT2D eigenvalue weighted by Gasteiger charge is 2.42. The highest BCUT2D eigenvalue weighted by molar-refractivity contribution is 9.10. The van der Waals surface area contributed by atoms with E-state index in [1.54, 1.807) is 52.1 Å². The molecule has 0 saturated carbocycles. The van der Waals surface area contributed by atoms with Gasteiger partial charge in [0.25, 0.3) is 0 Å². The lowest BCUT2D eigenvalue weighted by Crippen LogP contribution is -2.44. The largest absolute Gasteiger partial charge is 0.456 e. The molecule has 0 aromatic heterocycles. The van der Waals surface area contributed by atoms with Gasteiger partial charge in [0.2, 0.25) is 0 Å². The third-order valence-electron chi connectivity index (χ3n) is 4.20. The molecule has 2 unspecified atom stereocenters. The minimum absolute atomic E-state index is 0.00255. The smallest absolute Gasteiger partial charge is 0.411 e. The van der Waals surface area contributed by atoms with E-state index in [2.05, 4.69) is 15.9 Å². The van der Waals surface area contributed by atoms with E-state index >= 15 is 0 Å². The maximum absolute atomic E-state index is 12.6. The standard InChI is InChI=1S/C20H26BrNO6/c1-20(2,3)28-19(25)22-10-13(11-26-4)9-16(22)18(24)27-12-17(23)14-5-7-15(21)8-6-14/h5-8,13,16H,9-12H2,1-4H3. The number of halogens is 1. The number of carbonyl (C=O) groups excluding carboxylic acids is 3. The Morgan fingerprint density at radius 1 is 1.18 bits per heavy atom. The number of hydrogen-bond acceptors (Lipinski definition) is 6. The van der Waals surface area contributed by atoms with Crippen molar-refractivity contribution in [1.29, 1.82) is 0 Å². The topological polar surface area (TPSA) is 82.1 Å². The molecule has 1 heterocycles. The van der Waals surface area contributed by atoms with Gasteiger partial charge in [0.15, 0.2) is 12.4 Å². The van der Waals surface area contributed by atoms with Gasteiger partial charge in [-0.15, -0.1) is 0 Å². The van der Waals surface area contributed by atoms with E-state index < -0.39 is 23.7 Å². The average Bonchev–Trinajstić information content (AvgIpc) is 3.03. The van der Waals surface area contributed by atoms with Crippen molar-refractivity contribution in [1.82, 2.24) is 4.90 Å². The van der Waals surface area contributed by atoms with Crippen LogP contribution in [-0.4, -0.2) is 61.3 Å². The number of ether oxygens (including phenoxy) is 3. The first-order valence-corrected chi connectivity index (χ1v) is 9.84. The molecule has 1 fully saturated rings. The quantitative estimate of drug-likeness (QED) is 0.482. The van der Waals surface area contributed by atoms with E-state index in [0.717, 1.165) is 4.47 Å². The van der Waals surface area contributed by atoms with Crippen LogP contribution < -0.4 is 0 Å². The summed E-state index contributed by atoms with van der Waals surface area (Å²) in [6.07, 6.45) is -0.175. The number of ketones is 1. The zero-order valence-electron chi connectivity index (χ0n) is 16.6. The Hall–Kier alpha value is -1.93. The van der Waals surface area contributed by atoms with Gasteiger partial charge < -0.3 is 14.2 Å². The molecule has 1 amide bonds. The van der Waals surface area contributed by atoms with Gasteiger partial charge in [0.1, 0.15) is 11.6 Å². The third-order valence-corrected chi connectivity index (χ3v) is 4.73. The van der Waals surface area contributed by atoms with Crippen molar-refractivity contribution in [2.75, 3.05) is 26.9 Å². The third kappa shape index (κ3) is 6.31. The molecule has 0 radical (unpaired) electrons. The molecule has 2 atom stereocenters. The number of methoxy groups -OCH3 is 1. The first-order chi connectivity index (χ1) is 13.1. The second-order valence-corrected chi connectivity index (χ2v) is 8.66. The van der Waals surface area contributed by atoms with E-state index in [-0.39, 0.29) is 18.3 Å². The fourth-order valence-corrected chi connectivity index (χ4v) is 3.24. The zero-order valence-corrected chi connectivity index (χ0v) is 18.2. The van der Waals surface area contributed by atoms with Crippen LogP contribution in [0.4, 0.5) is 4.79 Å². The van der Waals surface area contributed by atoms with E-state index in [1.807, 2.05) is 0 Å². The number of esters is 1. The molecule has 1 saturated heterocycles. The highest BCUT2D eigenvalue weighted by Crippen LogP contribution is 2.27. The van der Waals surface area contributed by atoms with E-state index in [1.165, 1.54) is 4.90 Å². The van der Waals surface area contributed by atoms with Crippen molar-refractivity contribution >= 4 is 33.8 Å². The molecule has 28 heavy (non-hydrogen) atoms. The van der Waals surface area contributed by atoms with Crippen molar-refractivity contribution in [2.45, 2.75) is 38.8 Å². The number of hydrogen-bond donors (Lipinski definition) is 0. The number of amides is 1. The normalized spacial score (nSPS) is 19.4. The predicted molar refractivity (Wildman–Crippen MR) is 106 cm³/mol. The Labute approximate surface area is 173 Å². The predicted octanol–water partition coefficient (Wildman–Crippen LogP) is 3.45. The first kappa shape index (κ1) is 22.4. The Morgan fingerprint density at radius 3 is 2.39 bits per heavy atom. The molecule has 1 aliphatic rings. The lowest BCUT2D eigenvalue weighted by Gasteiger charge is -2.27. The maximum Gasteiger partial charge on any atom is 0.411 e. The van der Waals surface area contributed by atoms with Gasteiger partial charge in [-0.05, 0) is 39.3 Å². The number of rotatable bonds is 6. The highest BCUT2D eigenvalue weighted by atomic mass is 79.9.